The number of likely N-dealkylation sites (N-methyl/N-ethyl adjacent to an activating group) is 2. The Morgan fingerprint density at radius 3 is 2.22 bits per heavy atom. The third-order valence-corrected chi connectivity index (χ3v) is 16.3. The molecule has 3 aliphatic heterocycles. The van der Waals surface area contributed by atoms with E-state index in [4.69, 9.17) is 51.6 Å². The third kappa shape index (κ3) is 13.3. The van der Waals surface area contributed by atoms with Crippen LogP contribution in [-0.2, 0) is 43.2 Å². The Bertz CT molecular complexity index is 1830. The van der Waals surface area contributed by atoms with Crippen LogP contribution in [0.15, 0.2) is 23.1 Å². The lowest BCUT2D eigenvalue weighted by atomic mass is 9.77. The molecule has 0 aromatic heterocycles. The number of aliphatic hydroxyl groups excluding tert-OH is 3. The number of cyclic esters (lactones) is 1. The molecule has 6 N–H and O–H groups in total. The summed E-state index contributed by atoms with van der Waals surface area (Å²) in [4.78, 5) is 18.0. The summed E-state index contributed by atoms with van der Waals surface area (Å²) < 4.78 is 66.6. The van der Waals surface area contributed by atoms with Crippen LogP contribution in [0.4, 0.5) is 0 Å². The van der Waals surface area contributed by atoms with Gasteiger partial charge in [0.25, 0.3) is 0 Å². The summed E-state index contributed by atoms with van der Waals surface area (Å²) in [6, 6.07) is 2.84. The number of carbonyl (C=O) groups is 1. The Kier molecular flexibility index (Phi) is 19.6. The van der Waals surface area contributed by atoms with Gasteiger partial charge in [0, 0.05) is 51.2 Å². The van der Waals surface area contributed by atoms with Crippen LogP contribution in [0.2, 0.25) is 10.0 Å². The second-order valence-corrected chi connectivity index (χ2v) is 22.2. The topological polar surface area (TPSA) is 226 Å². The van der Waals surface area contributed by atoms with E-state index in [2.05, 4.69) is 4.72 Å². The molecular weight excluding hydrogens is 909 g/mol. The lowest BCUT2D eigenvalue weighted by molar-refractivity contribution is -0.318. The number of nitrogens with zero attached hydrogens (tertiary/aromatic N) is 2. The summed E-state index contributed by atoms with van der Waals surface area (Å²) in [6.45, 7) is 17.7. The molecule has 0 unspecified atom stereocenters. The van der Waals surface area contributed by atoms with Crippen molar-refractivity contribution in [1.29, 1.82) is 0 Å². The van der Waals surface area contributed by atoms with Crippen molar-refractivity contribution in [1.82, 2.24) is 14.5 Å². The maximum Gasteiger partial charge on any atom is 0.311 e. The first kappa shape index (κ1) is 56.3. The predicted octanol–water partition coefficient (Wildman–Crippen LogP) is 3.56. The number of aliphatic hydroxyl groups is 5. The number of hydrogen-bond donors (Lipinski definition) is 6. The van der Waals surface area contributed by atoms with E-state index in [0.717, 1.165) is 0 Å². The van der Waals surface area contributed by atoms with Crippen LogP contribution in [0.25, 0.3) is 0 Å². The number of methoxy groups -OCH3 is 1. The third-order valence-electron chi connectivity index (χ3n) is 14.1. The molecule has 4 rings (SSSR count). The highest BCUT2D eigenvalue weighted by Gasteiger charge is 2.53. The molecule has 3 heterocycles. The Labute approximate surface area is 396 Å². The molecule has 20 heteroatoms. The van der Waals surface area contributed by atoms with Gasteiger partial charge in [0.2, 0.25) is 10.0 Å². The van der Waals surface area contributed by atoms with Crippen LogP contribution < -0.4 is 4.72 Å². The molecule has 1 aromatic rings. The van der Waals surface area contributed by atoms with Gasteiger partial charge in [-0.05, 0) is 106 Å². The summed E-state index contributed by atoms with van der Waals surface area (Å²) in [5.41, 5.74) is -4.63. The fourth-order valence-corrected chi connectivity index (χ4v) is 11.3. The highest BCUT2D eigenvalue weighted by Crippen LogP contribution is 2.40. The minimum atomic E-state index is -3.95. The van der Waals surface area contributed by atoms with Crippen LogP contribution in [0, 0.1) is 17.8 Å². The fraction of sp³-hybridized carbons (Fsp3) is 0.844. The highest BCUT2D eigenvalue weighted by atomic mass is 35.5. The molecule has 3 saturated heterocycles. The quantitative estimate of drug-likeness (QED) is 0.165. The van der Waals surface area contributed by atoms with Gasteiger partial charge in [-0.3, -0.25) is 9.69 Å². The molecule has 3 fully saturated rings. The maximum atomic E-state index is 14.4. The van der Waals surface area contributed by atoms with Crippen molar-refractivity contribution in [3.8, 4) is 0 Å². The Morgan fingerprint density at radius 2 is 1.62 bits per heavy atom. The molecule has 1 aromatic carbocycles. The molecule has 0 saturated carbocycles. The average molecular weight is 987 g/mol. The van der Waals surface area contributed by atoms with Crippen LogP contribution in [0.5, 0.6) is 0 Å². The molecule has 376 valence electrons. The van der Waals surface area contributed by atoms with E-state index >= 15 is 0 Å². The Morgan fingerprint density at radius 1 is 0.969 bits per heavy atom. The predicted molar refractivity (Wildman–Crippen MR) is 245 cm³/mol. The fourth-order valence-electron chi connectivity index (χ4n) is 9.91. The van der Waals surface area contributed by atoms with E-state index < -0.39 is 118 Å². The zero-order valence-corrected chi connectivity index (χ0v) is 42.6. The van der Waals surface area contributed by atoms with Gasteiger partial charge < -0.3 is 58.9 Å². The highest BCUT2D eigenvalue weighted by molar-refractivity contribution is 7.89. The van der Waals surface area contributed by atoms with Crippen molar-refractivity contribution in [2.24, 2.45) is 17.8 Å². The Balaban J connectivity index is 1.72. The number of carbonyl (C=O) groups excluding carboxylic acids is 1. The molecule has 65 heavy (non-hydrogen) atoms. The number of nitrogens with one attached hydrogen (secondary N) is 1. The van der Waals surface area contributed by atoms with Crippen molar-refractivity contribution >= 4 is 39.2 Å². The zero-order chi connectivity index (χ0) is 49.1. The average Bonchev–Trinajstić information content (AvgIpc) is 3.22. The summed E-state index contributed by atoms with van der Waals surface area (Å²) in [5.74, 6) is -2.95. The van der Waals surface area contributed by atoms with Gasteiger partial charge in [-0.1, -0.05) is 44.0 Å². The first-order chi connectivity index (χ1) is 30.0. The molecule has 3 aliphatic rings. The largest absolute Gasteiger partial charge is 0.459 e. The number of benzene rings is 1. The molecule has 0 bridgehead atoms. The van der Waals surface area contributed by atoms with Gasteiger partial charge in [-0.25, -0.2) is 13.1 Å². The van der Waals surface area contributed by atoms with Gasteiger partial charge in [-0.15, -0.1) is 0 Å². The minimum absolute atomic E-state index is 0.0122. The van der Waals surface area contributed by atoms with Crippen LogP contribution in [0.3, 0.4) is 0 Å². The molecule has 0 aliphatic carbocycles. The maximum absolute atomic E-state index is 14.4. The smallest absolute Gasteiger partial charge is 0.311 e. The lowest BCUT2D eigenvalue weighted by Gasteiger charge is -2.49. The minimum Gasteiger partial charge on any atom is -0.459 e. The van der Waals surface area contributed by atoms with E-state index in [0.29, 0.717) is 13.0 Å². The van der Waals surface area contributed by atoms with Gasteiger partial charge in [0.1, 0.15) is 30.0 Å². The number of ether oxygens (including phenoxy) is 6. The molecular formula is C45H77Cl2N3O14S. The van der Waals surface area contributed by atoms with Crippen LogP contribution >= 0.6 is 23.2 Å². The van der Waals surface area contributed by atoms with Crippen molar-refractivity contribution in [3.63, 3.8) is 0 Å². The molecule has 0 amide bonds. The van der Waals surface area contributed by atoms with E-state index in [1.807, 2.05) is 23.6 Å². The number of rotatable bonds is 12. The van der Waals surface area contributed by atoms with Gasteiger partial charge >= 0.3 is 5.97 Å². The van der Waals surface area contributed by atoms with Crippen LogP contribution in [-0.4, -0.2) is 181 Å². The number of sulfonamides is 1. The van der Waals surface area contributed by atoms with Crippen molar-refractivity contribution < 1.29 is 67.2 Å². The lowest BCUT2D eigenvalue weighted by Crippen LogP contribution is -2.61. The summed E-state index contributed by atoms with van der Waals surface area (Å²) in [5, 5.41) is 59.6. The monoisotopic (exact) mass is 985 g/mol. The first-order valence-electron chi connectivity index (χ1n) is 22.7. The summed E-state index contributed by atoms with van der Waals surface area (Å²) in [6.07, 6.45) is -9.84. The van der Waals surface area contributed by atoms with Gasteiger partial charge in [0.15, 0.2) is 12.6 Å². The molecule has 0 radical (unpaired) electrons. The second-order valence-electron chi connectivity index (χ2n) is 19.7. The van der Waals surface area contributed by atoms with Crippen LogP contribution in [0.1, 0.15) is 94.9 Å². The van der Waals surface area contributed by atoms with E-state index in [1.54, 1.807) is 62.6 Å². The molecule has 0 spiro atoms. The SMILES string of the molecule is CC[C@H]1OC(=O)[C@H](C)[C@@H](O[C@H]2C[C@@](C)(OC)[C@@H](O)[C@H](C)O2)[C@H](C)[C@@H](O[C@@H]2O[C@H](C)C[C@H](N(C)CCNS(=O)(=O)c3ccc(Cl)c(Cl)c3)[C@H]2O)[C@](C)(O)C[C@@H](C)CN(C)[C@H](C)[C@@H](O)[C@]1(C)O. The number of halogens is 2. The van der Waals surface area contributed by atoms with Crippen molar-refractivity contribution in [2.45, 2.75) is 190 Å². The van der Waals surface area contributed by atoms with E-state index in [-0.39, 0.29) is 53.2 Å². The van der Waals surface area contributed by atoms with Gasteiger partial charge in [-0.2, -0.15) is 0 Å². The Hall–Kier alpha value is -1.30. The first-order valence-corrected chi connectivity index (χ1v) is 25.0. The van der Waals surface area contributed by atoms with Gasteiger partial charge in [0.05, 0.1) is 56.5 Å². The van der Waals surface area contributed by atoms with Crippen molar-refractivity contribution in [2.75, 3.05) is 40.8 Å². The molecule has 17 nitrogen and oxygen atoms in total. The standard InChI is InChI=1S/C45H77Cl2N3O14S/c1-14-34-45(10,56)38(52)28(6)50(12)23-24(2)21-43(8,55)40(26(4)37(27(5)41(54)62-34)63-35-22-44(9,59-13)39(53)29(7)61-35)64-42-36(51)33(19-25(3)60-42)49(11)18-17-48-65(57,58)30-15-16-31(46)32(47)20-30/h15-16,20,24-29,33-40,42,48,51-53,55-56H,14,17-19,21-23H2,1-13H3/t24-,25-,26+,27-,28-,29+,33+,34-,35+,36-,37+,38-,39+,40-,42+,43-,44-,45-/m1/s1. The van der Waals surface area contributed by atoms with Crippen molar-refractivity contribution in [3.05, 3.63) is 28.2 Å². The normalized spacial score (nSPS) is 42.3. The van der Waals surface area contributed by atoms with E-state index in [1.165, 1.54) is 32.2 Å². The summed E-state index contributed by atoms with van der Waals surface area (Å²) in [7, 11) is 1.09. The zero-order valence-electron chi connectivity index (χ0n) is 40.3. The number of hydrogen-bond acceptors (Lipinski definition) is 16. The van der Waals surface area contributed by atoms with E-state index in [9.17, 15) is 38.7 Å². The molecule has 18 atom stereocenters. The number of esters is 1. The second kappa shape index (κ2) is 22.6. The summed E-state index contributed by atoms with van der Waals surface area (Å²) >= 11 is 12.1.